The number of nitrogens with zero attached hydrogens (tertiary/aromatic N) is 1. The van der Waals surface area contributed by atoms with Gasteiger partial charge < -0.3 is 15.7 Å². The lowest BCUT2D eigenvalue weighted by Crippen LogP contribution is -2.43. The van der Waals surface area contributed by atoms with Gasteiger partial charge in [0.05, 0.1) is 23.5 Å². The van der Waals surface area contributed by atoms with Crippen LogP contribution in [0, 0.1) is 6.92 Å². The average Bonchev–Trinajstić information content (AvgIpc) is 2.32. The average molecular weight is 234 g/mol. The molecule has 0 amide bonds. The topological polar surface area (TPSA) is 49.5 Å². The third-order valence-corrected chi connectivity index (χ3v) is 3.87. The molecule has 1 aliphatic carbocycles. The third-order valence-electron chi connectivity index (χ3n) is 3.87. The van der Waals surface area contributed by atoms with E-state index in [1.54, 1.807) is 0 Å². The van der Waals surface area contributed by atoms with Crippen LogP contribution in [-0.2, 0) is 0 Å². The normalized spacial score (nSPS) is 24.6. The van der Waals surface area contributed by atoms with Crippen molar-refractivity contribution in [2.24, 2.45) is 0 Å². The van der Waals surface area contributed by atoms with E-state index in [0.717, 1.165) is 36.2 Å². The van der Waals surface area contributed by atoms with Crippen molar-refractivity contribution in [3.05, 3.63) is 23.8 Å². The smallest absolute Gasteiger partial charge is 0.0743 e. The predicted octanol–water partition coefficient (Wildman–Crippen LogP) is 2.32. The molecule has 2 unspecified atom stereocenters. The molecule has 1 aromatic carbocycles. The molecule has 3 heteroatoms. The molecule has 0 spiro atoms. The van der Waals surface area contributed by atoms with E-state index >= 15 is 0 Å². The fourth-order valence-corrected chi connectivity index (χ4v) is 2.69. The molecule has 0 bridgehead atoms. The molecule has 1 fully saturated rings. The first-order valence-electron chi connectivity index (χ1n) is 6.37. The number of aliphatic hydroxyl groups is 1. The molecule has 2 rings (SSSR count). The Morgan fingerprint density at radius 1 is 1.29 bits per heavy atom. The lowest BCUT2D eigenvalue weighted by atomic mass is 9.91. The van der Waals surface area contributed by atoms with Crippen molar-refractivity contribution in [3.63, 3.8) is 0 Å². The summed E-state index contributed by atoms with van der Waals surface area (Å²) in [5, 5.41) is 10.1. The summed E-state index contributed by atoms with van der Waals surface area (Å²) in [6, 6.07) is 6.27. The lowest BCUT2D eigenvalue weighted by Gasteiger charge is -2.37. The van der Waals surface area contributed by atoms with E-state index in [1.807, 2.05) is 32.2 Å². The van der Waals surface area contributed by atoms with Crippen LogP contribution in [0.15, 0.2) is 18.2 Å². The van der Waals surface area contributed by atoms with Crippen LogP contribution in [0.4, 0.5) is 11.4 Å². The molecule has 0 saturated heterocycles. The van der Waals surface area contributed by atoms with E-state index in [4.69, 9.17) is 5.73 Å². The molecule has 1 aromatic rings. The van der Waals surface area contributed by atoms with Crippen molar-refractivity contribution in [2.45, 2.75) is 44.8 Å². The fourth-order valence-electron chi connectivity index (χ4n) is 2.69. The van der Waals surface area contributed by atoms with E-state index in [-0.39, 0.29) is 12.1 Å². The van der Waals surface area contributed by atoms with Crippen LogP contribution in [0.5, 0.6) is 0 Å². The van der Waals surface area contributed by atoms with Gasteiger partial charge in [0.15, 0.2) is 0 Å². The molecule has 3 nitrogen and oxygen atoms in total. The molecule has 17 heavy (non-hydrogen) atoms. The molecule has 0 radical (unpaired) electrons. The summed E-state index contributed by atoms with van der Waals surface area (Å²) in [4.78, 5) is 2.14. The molecule has 1 aliphatic rings. The Labute approximate surface area is 103 Å². The number of rotatable bonds is 2. The van der Waals surface area contributed by atoms with Crippen molar-refractivity contribution in [1.29, 1.82) is 0 Å². The van der Waals surface area contributed by atoms with Gasteiger partial charge in [0.2, 0.25) is 0 Å². The van der Waals surface area contributed by atoms with Crippen LogP contribution < -0.4 is 10.6 Å². The minimum absolute atomic E-state index is 0.202. The molecule has 1 saturated carbocycles. The van der Waals surface area contributed by atoms with Gasteiger partial charge in [0.25, 0.3) is 0 Å². The molecule has 2 atom stereocenters. The van der Waals surface area contributed by atoms with Gasteiger partial charge in [-0.05, 0) is 31.4 Å². The van der Waals surface area contributed by atoms with Gasteiger partial charge >= 0.3 is 0 Å². The third kappa shape index (κ3) is 2.39. The highest BCUT2D eigenvalue weighted by Gasteiger charge is 2.27. The largest absolute Gasteiger partial charge is 0.397 e. The summed E-state index contributed by atoms with van der Waals surface area (Å²) in [5.41, 5.74) is 9.07. The van der Waals surface area contributed by atoms with Gasteiger partial charge in [-0.1, -0.05) is 25.0 Å². The number of hydrogen-bond donors (Lipinski definition) is 2. The fraction of sp³-hybridized carbons (Fsp3) is 0.571. The first-order valence-corrected chi connectivity index (χ1v) is 6.37. The number of anilines is 2. The number of likely N-dealkylation sites (N-methyl/N-ethyl adjacent to an activating group) is 1. The minimum Gasteiger partial charge on any atom is -0.397 e. The Kier molecular flexibility index (Phi) is 3.57. The predicted molar refractivity (Wildman–Crippen MR) is 72.3 cm³/mol. The number of para-hydroxylation sites is 1. The maximum absolute atomic E-state index is 10.1. The highest BCUT2D eigenvalue weighted by atomic mass is 16.3. The Morgan fingerprint density at radius 2 is 2.00 bits per heavy atom. The SMILES string of the molecule is Cc1cccc(N(C)C2CCCCC2O)c1N. The summed E-state index contributed by atoms with van der Waals surface area (Å²) in [7, 11) is 2.03. The van der Waals surface area contributed by atoms with Crippen LogP contribution in [0.25, 0.3) is 0 Å². The first-order chi connectivity index (χ1) is 8.11. The zero-order valence-electron chi connectivity index (χ0n) is 10.7. The molecule has 3 N–H and O–H groups in total. The Hall–Kier alpha value is -1.22. The van der Waals surface area contributed by atoms with Crippen LogP contribution in [0.3, 0.4) is 0 Å². The number of aryl methyl sites for hydroxylation is 1. The standard InChI is InChI=1S/C14H22N2O/c1-10-6-5-8-12(14(10)15)16(2)11-7-3-4-9-13(11)17/h5-6,8,11,13,17H,3-4,7,9,15H2,1-2H3. The molecular weight excluding hydrogens is 212 g/mol. The second-order valence-corrected chi connectivity index (χ2v) is 5.04. The van der Waals surface area contributed by atoms with Crippen LogP contribution in [0.2, 0.25) is 0 Å². The van der Waals surface area contributed by atoms with E-state index in [1.165, 1.54) is 6.42 Å². The number of aliphatic hydroxyl groups excluding tert-OH is 1. The Bertz CT molecular complexity index is 392. The summed E-state index contributed by atoms with van der Waals surface area (Å²) in [6.07, 6.45) is 4.05. The second kappa shape index (κ2) is 4.96. The minimum atomic E-state index is -0.228. The quantitative estimate of drug-likeness (QED) is 0.772. The molecule has 94 valence electrons. The van der Waals surface area contributed by atoms with Gasteiger partial charge in [-0.25, -0.2) is 0 Å². The van der Waals surface area contributed by atoms with Gasteiger partial charge in [0.1, 0.15) is 0 Å². The van der Waals surface area contributed by atoms with E-state index in [2.05, 4.69) is 4.90 Å². The van der Waals surface area contributed by atoms with Crippen LogP contribution >= 0.6 is 0 Å². The highest BCUT2D eigenvalue weighted by molar-refractivity contribution is 5.71. The maximum Gasteiger partial charge on any atom is 0.0743 e. The van der Waals surface area contributed by atoms with E-state index < -0.39 is 0 Å². The molecular formula is C14H22N2O. The van der Waals surface area contributed by atoms with Crippen LogP contribution in [-0.4, -0.2) is 24.3 Å². The summed E-state index contributed by atoms with van der Waals surface area (Å²) in [5.74, 6) is 0. The van der Waals surface area contributed by atoms with Crippen molar-refractivity contribution < 1.29 is 5.11 Å². The summed E-state index contributed by atoms with van der Waals surface area (Å²) >= 11 is 0. The van der Waals surface area contributed by atoms with Crippen molar-refractivity contribution >= 4 is 11.4 Å². The zero-order valence-corrected chi connectivity index (χ0v) is 10.7. The Balaban J connectivity index is 2.23. The molecule has 0 aliphatic heterocycles. The van der Waals surface area contributed by atoms with Gasteiger partial charge in [0, 0.05) is 7.05 Å². The van der Waals surface area contributed by atoms with Crippen molar-refractivity contribution in [2.75, 3.05) is 17.7 Å². The maximum atomic E-state index is 10.1. The summed E-state index contributed by atoms with van der Waals surface area (Å²) < 4.78 is 0. The first kappa shape index (κ1) is 12.2. The van der Waals surface area contributed by atoms with Gasteiger partial charge in [-0.3, -0.25) is 0 Å². The number of benzene rings is 1. The summed E-state index contributed by atoms with van der Waals surface area (Å²) in [6.45, 7) is 2.02. The second-order valence-electron chi connectivity index (χ2n) is 5.04. The van der Waals surface area contributed by atoms with Crippen molar-refractivity contribution in [1.82, 2.24) is 0 Å². The number of nitrogen functional groups attached to an aromatic ring is 1. The van der Waals surface area contributed by atoms with Gasteiger partial charge in [-0.2, -0.15) is 0 Å². The lowest BCUT2D eigenvalue weighted by molar-refractivity contribution is 0.106. The number of hydrogen-bond acceptors (Lipinski definition) is 3. The molecule has 0 aromatic heterocycles. The zero-order chi connectivity index (χ0) is 12.4. The van der Waals surface area contributed by atoms with Crippen LogP contribution in [0.1, 0.15) is 31.2 Å². The van der Waals surface area contributed by atoms with E-state index in [0.29, 0.717) is 0 Å². The monoisotopic (exact) mass is 234 g/mol. The van der Waals surface area contributed by atoms with Crippen molar-refractivity contribution in [3.8, 4) is 0 Å². The highest BCUT2D eigenvalue weighted by Crippen LogP contribution is 2.31. The number of nitrogens with two attached hydrogens (primary N) is 1. The Morgan fingerprint density at radius 3 is 2.71 bits per heavy atom. The van der Waals surface area contributed by atoms with Gasteiger partial charge in [-0.15, -0.1) is 0 Å². The van der Waals surface area contributed by atoms with E-state index in [9.17, 15) is 5.11 Å². The molecule has 0 heterocycles.